The third kappa shape index (κ3) is 4.97. The minimum atomic E-state index is -0.142. The van der Waals surface area contributed by atoms with Crippen molar-refractivity contribution in [2.45, 2.75) is 52.1 Å². The van der Waals surface area contributed by atoms with E-state index in [9.17, 15) is 9.59 Å². The van der Waals surface area contributed by atoms with Crippen LogP contribution in [0.15, 0.2) is 59.7 Å². The number of aryl methyl sites for hydroxylation is 2. The first-order valence-electron chi connectivity index (χ1n) is 11.6. The van der Waals surface area contributed by atoms with Crippen molar-refractivity contribution in [3.05, 3.63) is 71.0 Å². The molecule has 1 N–H and O–H groups in total. The Balaban J connectivity index is 1.30. The third-order valence-electron chi connectivity index (χ3n) is 6.12. The minimum absolute atomic E-state index is 0.0134. The molecule has 0 spiro atoms. The van der Waals surface area contributed by atoms with Gasteiger partial charge in [-0.1, -0.05) is 44.5 Å². The zero-order valence-electron chi connectivity index (χ0n) is 19.5. The molecule has 0 aliphatic heterocycles. The maximum Gasteiger partial charge on any atom is 0.261 e. The molecule has 2 aromatic heterocycles. The van der Waals surface area contributed by atoms with Crippen LogP contribution in [0, 0.1) is 5.92 Å². The maximum absolute atomic E-state index is 12.7. The summed E-state index contributed by atoms with van der Waals surface area (Å²) in [6.45, 7) is 4.80. The van der Waals surface area contributed by atoms with Crippen LogP contribution in [-0.4, -0.2) is 25.0 Å². The van der Waals surface area contributed by atoms with Gasteiger partial charge >= 0.3 is 0 Å². The molecule has 172 valence electrons. The average Bonchev–Trinajstić information content (AvgIpc) is 3.15. The van der Waals surface area contributed by atoms with Crippen molar-refractivity contribution < 1.29 is 4.79 Å². The van der Waals surface area contributed by atoms with Crippen LogP contribution in [0.5, 0.6) is 0 Å². The van der Waals surface area contributed by atoms with Crippen LogP contribution in [0.2, 0.25) is 0 Å². The van der Waals surface area contributed by atoms with E-state index in [4.69, 9.17) is 4.98 Å². The predicted octanol–water partition coefficient (Wildman–Crippen LogP) is 4.36. The Bertz CT molecular complexity index is 1320. The molecular formula is C26H31N5O2. The topological polar surface area (TPSA) is 81.8 Å². The fraction of sp³-hybridized carbons (Fsp3) is 0.385. The molecule has 0 radical (unpaired) electrons. The summed E-state index contributed by atoms with van der Waals surface area (Å²) in [6, 6.07) is 15.3. The maximum atomic E-state index is 12.7. The summed E-state index contributed by atoms with van der Waals surface area (Å²) in [7, 11) is 2.00. The van der Waals surface area contributed by atoms with Gasteiger partial charge in [-0.3, -0.25) is 14.2 Å². The van der Waals surface area contributed by atoms with E-state index in [1.807, 2.05) is 49.5 Å². The number of nitrogens with zero attached hydrogens (tertiary/aromatic N) is 4. The molecule has 1 amide bonds. The smallest absolute Gasteiger partial charge is 0.261 e. The molecule has 33 heavy (non-hydrogen) atoms. The van der Waals surface area contributed by atoms with E-state index in [0.717, 1.165) is 41.6 Å². The summed E-state index contributed by atoms with van der Waals surface area (Å²) in [5.74, 6) is 1.13. The lowest BCUT2D eigenvalue weighted by Crippen LogP contribution is -2.33. The summed E-state index contributed by atoms with van der Waals surface area (Å²) >= 11 is 0. The Kier molecular flexibility index (Phi) is 6.87. The Morgan fingerprint density at radius 3 is 2.48 bits per heavy atom. The van der Waals surface area contributed by atoms with Gasteiger partial charge in [0.05, 0.1) is 34.3 Å². The van der Waals surface area contributed by atoms with E-state index in [2.05, 4.69) is 28.7 Å². The number of aromatic nitrogens is 4. The Morgan fingerprint density at radius 1 is 1.00 bits per heavy atom. The fourth-order valence-corrected chi connectivity index (χ4v) is 4.23. The highest BCUT2D eigenvalue weighted by Gasteiger charge is 2.23. The lowest BCUT2D eigenvalue weighted by molar-refractivity contribution is -0.122. The first-order chi connectivity index (χ1) is 16.0. The highest BCUT2D eigenvalue weighted by Crippen LogP contribution is 2.25. The lowest BCUT2D eigenvalue weighted by Gasteiger charge is -2.22. The van der Waals surface area contributed by atoms with Gasteiger partial charge in [0.2, 0.25) is 5.91 Å². The molecule has 1 atom stereocenters. The Hall–Kier alpha value is -3.48. The number of fused-ring (bicyclic) bond motifs is 2. The van der Waals surface area contributed by atoms with Crippen LogP contribution in [0.25, 0.3) is 21.9 Å². The highest BCUT2D eigenvalue weighted by atomic mass is 16.1. The molecule has 4 rings (SSSR count). The predicted molar refractivity (Wildman–Crippen MR) is 131 cm³/mol. The summed E-state index contributed by atoms with van der Waals surface area (Å²) in [5.41, 5.74) is 2.70. The SMILES string of the molecule is CC(C)[C@H](NC(=O)CCCCCn1cnc2ccccc2c1=O)c1nc2ccccc2n1C. The van der Waals surface area contributed by atoms with Gasteiger partial charge in [-0.15, -0.1) is 0 Å². The number of para-hydroxylation sites is 3. The number of benzene rings is 2. The summed E-state index contributed by atoms with van der Waals surface area (Å²) in [4.78, 5) is 34.4. The van der Waals surface area contributed by atoms with Gasteiger partial charge < -0.3 is 9.88 Å². The number of rotatable bonds is 9. The number of carbonyl (C=O) groups excluding carboxylic acids is 1. The van der Waals surface area contributed by atoms with Gasteiger partial charge in [0, 0.05) is 20.0 Å². The van der Waals surface area contributed by atoms with Crippen molar-refractivity contribution in [2.75, 3.05) is 0 Å². The first-order valence-corrected chi connectivity index (χ1v) is 11.6. The van der Waals surface area contributed by atoms with Gasteiger partial charge in [0.15, 0.2) is 0 Å². The molecule has 7 nitrogen and oxygen atoms in total. The number of amides is 1. The molecule has 0 saturated carbocycles. The fourth-order valence-electron chi connectivity index (χ4n) is 4.23. The minimum Gasteiger partial charge on any atom is -0.346 e. The van der Waals surface area contributed by atoms with Crippen molar-refractivity contribution in [3.8, 4) is 0 Å². The van der Waals surface area contributed by atoms with E-state index >= 15 is 0 Å². The van der Waals surface area contributed by atoms with Crippen LogP contribution >= 0.6 is 0 Å². The van der Waals surface area contributed by atoms with E-state index in [-0.39, 0.29) is 23.4 Å². The normalized spacial score (nSPS) is 12.5. The molecule has 0 fully saturated rings. The van der Waals surface area contributed by atoms with Crippen LogP contribution in [0.4, 0.5) is 0 Å². The molecule has 0 aliphatic carbocycles. The zero-order valence-corrected chi connectivity index (χ0v) is 19.5. The van der Waals surface area contributed by atoms with E-state index < -0.39 is 0 Å². The monoisotopic (exact) mass is 445 g/mol. The second-order valence-electron chi connectivity index (χ2n) is 8.88. The summed E-state index contributed by atoms with van der Waals surface area (Å²) in [5, 5.41) is 3.82. The van der Waals surface area contributed by atoms with E-state index in [1.54, 1.807) is 17.0 Å². The van der Waals surface area contributed by atoms with Crippen molar-refractivity contribution in [3.63, 3.8) is 0 Å². The number of hydrogen-bond acceptors (Lipinski definition) is 4. The largest absolute Gasteiger partial charge is 0.346 e. The Labute approximate surface area is 193 Å². The molecule has 0 bridgehead atoms. The van der Waals surface area contributed by atoms with Crippen LogP contribution < -0.4 is 10.9 Å². The van der Waals surface area contributed by atoms with Crippen molar-refractivity contribution >= 4 is 27.8 Å². The van der Waals surface area contributed by atoms with Gasteiger partial charge in [0.25, 0.3) is 5.56 Å². The summed E-state index contributed by atoms with van der Waals surface area (Å²) in [6.07, 6.45) is 4.53. The summed E-state index contributed by atoms with van der Waals surface area (Å²) < 4.78 is 3.72. The molecule has 0 aliphatic rings. The number of hydrogen-bond donors (Lipinski definition) is 1. The third-order valence-corrected chi connectivity index (χ3v) is 6.12. The Morgan fingerprint density at radius 2 is 1.73 bits per heavy atom. The van der Waals surface area contributed by atoms with Crippen molar-refractivity contribution in [1.82, 2.24) is 24.4 Å². The van der Waals surface area contributed by atoms with Crippen LogP contribution in [0.1, 0.15) is 51.4 Å². The quantitative estimate of drug-likeness (QED) is 0.388. The number of carbonyl (C=O) groups is 1. The highest BCUT2D eigenvalue weighted by molar-refractivity contribution is 5.78. The van der Waals surface area contributed by atoms with E-state index in [0.29, 0.717) is 18.4 Å². The van der Waals surface area contributed by atoms with Gasteiger partial charge in [-0.05, 0) is 43.0 Å². The van der Waals surface area contributed by atoms with Crippen LogP contribution in [-0.2, 0) is 18.4 Å². The van der Waals surface area contributed by atoms with E-state index in [1.165, 1.54) is 0 Å². The molecule has 7 heteroatoms. The second-order valence-corrected chi connectivity index (χ2v) is 8.88. The number of unbranched alkanes of at least 4 members (excludes halogenated alkanes) is 2. The molecule has 4 aromatic rings. The molecule has 0 saturated heterocycles. The average molecular weight is 446 g/mol. The lowest BCUT2D eigenvalue weighted by atomic mass is 10.0. The van der Waals surface area contributed by atoms with Gasteiger partial charge in [-0.25, -0.2) is 9.97 Å². The molecule has 0 unspecified atom stereocenters. The van der Waals surface area contributed by atoms with Crippen molar-refractivity contribution in [1.29, 1.82) is 0 Å². The molecule has 2 heterocycles. The second kappa shape index (κ2) is 9.98. The van der Waals surface area contributed by atoms with Crippen molar-refractivity contribution in [2.24, 2.45) is 13.0 Å². The van der Waals surface area contributed by atoms with Crippen LogP contribution in [0.3, 0.4) is 0 Å². The van der Waals surface area contributed by atoms with Gasteiger partial charge in [0.1, 0.15) is 5.82 Å². The molecular weight excluding hydrogens is 414 g/mol. The zero-order chi connectivity index (χ0) is 23.4. The van der Waals surface area contributed by atoms with Gasteiger partial charge in [-0.2, -0.15) is 0 Å². The first kappa shape index (κ1) is 22.7. The standard InChI is InChI=1S/C26H31N5O2/c1-18(2)24(25-28-21-13-8-9-14-22(21)30(25)3)29-23(32)15-5-4-10-16-31-17-27-20-12-7-6-11-19(20)26(31)33/h6-9,11-14,17-18,24H,4-5,10,15-16H2,1-3H3,(H,29,32)/t24-/m0/s1. The number of imidazole rings is 1. The molecule has 2 aromatic carbocycles. The number of nitrogens with one attached hydrogen (secondary N) is 1.